The number of nitrogen functional groups attached to an aromatic ring is 1. The molecule has 3 aromatic rings. The largest absolute Gasteiger partial charge is 0.462 e. The second-order valence-electron chi connectivity index (χ2n) is 5.82. The number of benzene rings is 1. The Bertz CT molecular complexity index is 1040. The second-order valence-corrected chi connectivity index (χ2v) is 9.07. The number of esters is 1. The molecule has 2 aromatic heterocycles. The Balaban J connectivity index is 1.70. The molecule has 0 aliphatic heterocycles. The number of nitrogens with one attached hydrogen (secondary N) is 1. The molecule has 0 bridgehead atoms. The highest BCUT2D eigenvalue weighted by atomic mass is 32.2. The van der Waals surface area contributed by atoms with Crippen molar-refractivity contribution in [3.05, 3.63) is 45.8 Å². The summed E-state index contributed by atoms with van der Waals surface area (Å²) in [4.78, 5) is 12.6. The first-order valence-electron chi connectivity index (χ1n) is 8.86. The van der Waals surface area contributed by atoms with Crippen molar-refractivity contribution < 1.29 is 9.53 Å². The number of nitrogens with zero attached hydrogens (tertiary/aromatic N) is 3. The van der Waals surface area contributed by atoms with E-state index in [1.54, 1.807) is 6.92 Å². The third-order valence-corrected chi connectivity index (χ3v) is 7.01. The average Bonchev–Trinajstić information content (AvgIpc) is 3.30. The lowest BCUT2D eigenvalue weighted by Crippen LogP contribution is -2.05. The monoisotopic (exact) mass is 445 g/mol. The van der Waals surface area contributed by atoms with Crippen molar-refractivity contribution in [2.75, 3.05) is 17.7 Å². The number of hydrogen-bond donors (Lipinski definition) is 2. The van der Waals surface area contributed by atoms with Gasteiger partial charge in [-0.1, -0.05) is 42.2 Å². The molecule has 0 fully saturated rings. The number of thioether (sulfide) groups is 1. The zero-order valence-corrected chi connectivity index (χ0v) is 18.3. The van der Waals surface area contributed by atoms with Gasteiger partial charge < -0.3 is 15.8 Å². The second kappa shape index (κ2) is 9.73. The summed E-state index contributed by atoms with van der Waals surface area (Å²) in [5, 5.41) is 22.0. The number of thiophene rings is 1. The Hall–Kier alpha value is -2.61. The summed E-state index contributed by atoms with van der Waals surface area (Å²) in [6.45, 7) is 4.11. The van der Waals surface area contributed by atoms with Crippen LogP contribution < -0.4 is 11.1 Å². The van der Waals surface area contributed by atoms with Crippen molar-refractivity contribution in [3.63, 3.8) is 0 Å². The quantitative estimate of drug-likeness (QED) is 0.374. The molecule has 0 saturated heterocycles. The Kier molecular flexibility index (Phi) is 7.09. The molecule has 150 valence electrons. The van der Waals surface area contributed by atoms with Gasteiger partial charge in [-0.15, -0.1) is 21.5 Å². The molecule has 0 unspecified atom stereocenters. The van der Waals surface area contributed by atoms with Crippen molar-refractivity contribution in [1.29, 1.82) is 5.26 Å². The Morgan fingerprint density at radius 1 is 1.28 bits per heavy atom. The third kappa shape index (κ3) is 5.06. The van der Waals surface area contributed by atoms with E-state index in [-0.39, 0.29) is 6.61 Å². The van der Waals surface area contributed by atoms with Crippen LogP contribution in [0.15, 0.2) is 28.6 Å². The number of carbonyl (C=O) groups is 1. The van der Waals surface area contributed by atoms with Crippen LogP contribution in [0.1, 0.15) is 40.2 Å². The van der Waals surface area contributed by atoms with Crippen molar-refractivity contribution >= 4 is 56.2 Å². The standard InChI is InChI=1S/C19H19N5O2S3/c1-3-11-5-7-12(8-6-11)22-18-23-24-19(29-18)27-10-14-13(9-20)16(21)28-15(14)17(25)26-4-2/h5-8H,3-4,10,21H2,1-2H3,(H,22,23). The molecule has 1 aromatic carbocycles. The number of nitriles is 1. The predicted molar refractivity (Wildman–Crippen MR) is 118 cm³/mol. The van der Waals surface area contributed by atoms with Gasteiger partial charge in [0, 0.05) is 17.0 Å². The topological polar surface area (TPSA) is 114 Å². The highest BCUT2D eigenvalue weighted by Gasteiger charge is 2.23. The van der Waals surface area contributed by atoms with Crippen molar-refractivity contribution in [2.45, 2.75) is 30.4 Å². The molecule has 3 rings (SSSR count). The third-order valence-electron chi connectivity index (χ3n) is 3.97. The van der Waals surface area contributed by atoms with E-state index in [1.807, 2.05) is 12.1 Å². The number of nitrogens with two attached hydrogens (primary N) is 1. The minimum Gasteiger partial charge on any atom is -0.462 e. The van der Waals surface area contributed by atoms with Gasteiger partial charge in [0.1, 0.15) is 15.9 Å². The van der Waals surface area contributed by atoms with Crippen LogP contribution in [-0.2, 0) is 16.9 Å². The van der Waals surface area contributed by atoms with Gasteiger partial charge >= 0.3 is 5.97 Å². The zero-order valence-electron chi connectivity index (χ0n) is 15.9. The highest BCUT2D eigenvalue weighted by Crippen LogP contribution is 2.37. The van der Waals surface area contributed by atoms with Gasteiger partial charge in [0.2, 0.25) is 5.13 Å². The summed E-state index contributed by atoms with van der Waals surface area (Å²) in [7, 11) is 0. The number of carbonyl (C=O) groups excluding carboxylic acids is 1. The zero-order chi connectivity index (χ0) is 20.8. The summed E-state index contributed by atoms with van der Waals surface area (Å²) in [6, 6.07) is 10.2. The molecule has 29 heavy (non-hydrogen) atoms. The van der Waals surface area contributed by atoms with E-state index in [4.69, 9.17) is 10.5 Å². The van der Waals surface area contributed by atoms with Gasteiger partial charge in [-0.3, -0.25) is 0 Å². The maximum atomic E-state index is 12.2. The molecule has 0 aliphatic carbocycles. The maximum absolute atomic E-state index is 12.2. The maximum Gasteiger partial charge on any atom is 0.348 e. The van der Waals surface area contributed by atoms with Crippen LogP contribution in [-0.4, -0.2) is 22.8 Å². The van der Waals surface area contributed by atoms with Gasteiger partial charge in [-0.05, 0) is 31.0 Å². The van der Waals surface area contributed by atoms with E-state index < -0.39 is 5.97 Å². The first kappa shape index (κ1) is 21.1. The van der Waals surface area contributed by atoms with Crippen LogP contribution in [0.3, 0.4) is 0 Å². The molecule has 10 heteroatoms. The summed E-state index contributed by atoms with van der Waals surface area (Å²) in [5.41, 5.74) is 9.03. The van der Waals surface area contributed by atoms with Crippen LogP contribution in [0.2, 0.25) is 0 Å². The lowest BCUT2D eigenvalue weighted by Gasteiger charge is -2.03. The number of anilines is 3. The summed E-state index contributed by atoms with van der Waals surface area (Å²) >= 11 is 3.89. The fourth-order valence-corrected chi connectivity index (χ4v) is 5.33. The minimum atomic E-state index is -0.462. The SMILES string of the molecule is CCOC(=O)c1sc(N)c(C#N)c1CSc1nnc(Nc2ccc(CC)cc2)s1. The van der Waals surface area contributed by atoms with Crippen LogP contribution >= 0.6 is 34.4 Å². The molecule has 0 spiro atoms. The van der Waals surface area contributed by atoms with E-state index in [0.717, 1.165) is 27.8 Å². The van der Waals surface area contributed by atoms with E-state index in [9.17, 15) is 10.1 Å². The molecular formula is C19H19N5O2S3. The summed E-state index contributed by atoms with van der Waals surface area (Å²) < 4.78 is 5.81. The number of ether oxygens (including phenoxy) is 1. The molecular weight excluding hydrogens is 426 g/mol. The number of aryl methyl sites for hydroxylation is 1. The molecule has 2 heterocycles. The summed E-state index contributed by atoms with van der Waals surface area (Å²) in [5.74, 6) is -0.0821. The van der Waals surface area contributed by atoms with Crippen molar-refractivity contribution in [1.82, 2.24) is 10.2 Å². The molecule has 0 saturated carbocycles. The minimum absolute atomic E-state index is 0.260. The van der Waals surface area contributed by atoms with Crippen LogP contribution in [0.5, 0.6) is 0 Å². The first-order chi connectivity index (χ1) is 14.0. The van der Waals surface area contributed by atoms with Gasteiger partial charge in [-0.25, -0.2) is 4.79 Å². The molecule has 0 atom stereocenters. The van der Waals surface area contributed by atoms with E-state index in [0.29, 0.717) is 31.9 Å². The van der Waals surface area contributed by atoms with Crippen molar-refractivity contribution in [3.8, 4) is 6.07 Å². The molecule has 0 aliphatic rings. The lowest BCUT2D eigenvalue weighted by atomic mass is 10.1. The first-order valence-corrected chi connectivity index (χ1v) is 11.5. The summed E-state index contributed by atoms with van der Waals surface area (Å²) in [6.07, 6.45) is 0.992. The van der Waals surface area contributed by atoms with Gasteiger partial charge in [-0.2, -0.15) is 5.26 Å². The van der Waals surface area contributed by atoms with Crippen LogP contribution in [0.4, 0.5) is 15.8 Å². The molecule has 0 radical (unpaired) electrons. The van der Waals surface area contributed by atoms with Gasteiger partial charge in [0.25, 0.3) is 0 Å². The van der Waals surface area contributed by atoms with Gasteiger partial charge in [0.15, 0.2) is 4.34 Å². The number of aromatic nitrogens is 2. The van der Waals surface area contributed by atoms with Crippen LogP contribution in [0, 0.1) is 11.3 Å². The molecule has 7 nitrogen and oxygen atoms in total. The highest BCUT2D eigenvalue weighted by molar-refractivity contribution is 8.00. The Labute approximate surface area is 180 Å². The van der Waals surface area contributed by atoms with E-state index in [1.165, 1.54) is 28.7 Å². The van der Waals surface area contributed by atoms with Crippen molar-refractivity contribution in [2.24, 2.45) is 0 Å². The smallest absolute Gasteiger partial charge is 0.348 e. The molecule has 0 amide bonds. The number of hydrogen-bond acceptors (Lipinski definition) is 10. The van der Waals surface area contributed by atoms with E-state index in [2.05, 4.69) is 40.6 Å². The fourth-order valence-electron chi connectivity index (χ4n) is 2.51. The van der Waals surface area contributed by atoms with Crippen LogP contribution in [0.25, 0.3) is 0 Å². The fraction of sp³-hybridized carbons (Fsp3) is 0.263. The normalized spacial score (nSPS) is 10.5. The van der Waals surface area contributed by atoms with Gasteiger partial charge in [0.05, 0.1) is 12.2 Å². The predicted octanol–water partition coefficient (Wildman–Crippen LogP) is 4.83. The lowest BCUT2D eigenvalue weighted by molar-refractivity contribution is 0.0531. The number of rotatable bonds is 8. The van der Waals surface area contributed by atoms with E-state index >= 15 is 0 Å². The average molecular weight is 446 g/mol. The Morgan fingerprint density at radius 2 is 2.03 bits per heavy atom. The Morgan fingerprint density at radius 3 is 2.69 bits per heavy atom. The molecule has 3 N–H and O–H groups in total.